The first-order valence-corrected chi connectivity index (χ1v) is 3.82. The first-order valence-electron chi connectivity index (χ1n) is 3.82. The zero-order valence-corrected chi connectivity index (χ0v) is 7.29. The summed E-state index contributed by atoms with van der Waals surface area (Å²) in [5.41, 5.74) is 2.21. The summed E-state index contributed by atoms with van der Waals surface area (Å²) < 4.78 is 0. The van der Waals surface area contributed by atoms with E-state index in [2.05, 4.69) is 0 Å². The summed E-state index contributed by atoms with van der Waals surface area (Å²) in [6.45, 7) is 3.34. The monoisotopic (exact) mass is 157 g/mol. The SMILES string of the molecule is [B]=C(C)c1ccccc1C(C)=O. The molecule has 0 amide bonds. The topological polar surface area (TPSA) is 17.1 Å². The third-order valence-electron chi connectivity index (χ3n) is 1.73. The van der Waals surface area contributed by atoms with Crippen LogP contribution in [0.2, 0.25) is 0 Å². The van der Waals surface area contributed by atoms with Crippen molar-refractivity contribution in [3.8, 4) is 0 Å². The van der Waals surface area contributed by atoms with Gasteiger partial charge in [0.1, 0.15) is 0 Å². The van der Waals surface area contributed by atoms with Gasteiger partial charge in [0.25, 0.3) is 0 Å². The van der Waals surface area contributed by atoms with Gasteiger partial charge in [0.05, 0.1) is 0 Å². The van der Waals surface area contributed by atoms with Crippen molar-refractivity contribution in [1.29, 1.82) is 0 Å². The van der Waals surface area contributed by atoms with E-state index >= 15 is 0 Å². The predicted octanol–water partition coefficient (Wildman–Crippen LogP) is 1.60. The van der Waals surface area contributed by atoms with Gasteiger partial charge >= 0.3 is 72.8 Å². The molecule has 59 valence electrons. The van der Waals surface area contributed by atoms with Gasteiger partial charge in [0.15, 0.2) is 0 Å². The Labute approximate surface area is 73.5 Å². The quantitative estimate of drug-likeness (QED) is 0.470. The van der Waals surface area contributed by atoms with E-state index in [0.29, 0.717) is 11.0 Å². The second-order valence-electron chi connectivity index (χ2n) is 2.78. The van der Waals surface area contributed by atoms with Crippen LogP contribution in [0.1, 0.15) is 29.8 Å². The second-order valence-corrected chi connectivity index (χ2v) is 2.78. The number of rotatable bonds is 2. The third-order valence-corrected chi connectivity index (χ3v) is 1.73. The fraction of sp³-hybridized carbons (Fsp3) is 0.200. The van der Waals surface area contributed by atoms with E-state index < -0.39 is 0 Å². The van der Waals surface area contributed by atoms with Crippen molar-refractivity contribution in [1.82, 2.24) is 0 Å². The molecule has 0 aromatic heterocycles. The van der Waals surface area contributed by atoms with Gasteiger partial charge in [-0.05, 0) is 0 Å². The van der Waals surface area contributed by atoms with Gasteiger partial charge in [-0.15, -0.1) is 0 Å². The van der Waals surface area contributed by atoms with E-state index in [1.165, 1.54) is 0 Å². The maximum absolute atomic E-state index is 11.1. The summed E-state index contributed by atoms with van der Waals surface area (Å²) >= 11 is 0. The van der Waals surface area contributed by atoms with Crippen LogP contribution in [0.5, 0.6) is 0 Å². The molecule has 12 heavy (non-hydrogen) atoms. The van der Waals surface area contributed by atoms with Crippen LogP contribution in [0.4, 0.5) is 0 Å². The molecule has 1 aromatic carbocycles. The Morgan fingerprint density at radius 2 is 1.67 bits per heavy atom. The van der Waals surface area contributed by atoms with Gasteiger partial charge in [-0.2, -0.15) is 0 Å². The van der Waals surface area contributed by atoms with E-state index in [-0.39, 0.29) is 5.78 Å². The molecule has 0 saturated carbocycles. The molecule has 0 saturated heterocycles. The van der Waals surface area contributed by atoms with Crippen molar-refractivity contribution in [3.05, 3.63) is 35.4 Å². The average Bonchev–Trinajstić information content (AvgIpc) is 2.04. The van der Waals surface area contributed by atoms with Gasteiger partial charge in [-0.1, -0.05) is 0 Å². The summed E-state index contributed by atoms with van der Waals surface area (Å²) in [4.78, 5) is 11.1. The molecule has 0 bridgehead atoms. The molecule has 1 nitrogen and oxygen atoms in total. The van der Waals surface area contributed by atoms with Gasteiger partial charge in [0.2, 0.25) is 0 Å². The van der Waals surface area contributed by atoms with Crippen molar-refractivity contribution in [2.24, 2.45) is 0 Å². The predicted molar refractivity (Wildman–Crippen MR) is 52.0 cm³/mol. The molecule has 1 aromatic rings. The molecule has 0 heterocycles. The molecular formula is C10H10BO. The van der Waals surface area contributed by atoms with Crippen LogP contribution in [0.15, 0.2) is 24.3 Å². The molecular weight excluding hydrogens is 147 g/mol. The van der Waals surface area contributed by atoms with Crippen molar-refractivity contribution >= 4 is 18.7 Å². The number of benzene rings is 1. The molecule has 0 unspecified atom stereocenters. The van der Waals surface area contributed by atoms with Crippen LogP contribution in [-0.4, -0.2) is 18.7 Å². The summed E-state index contributed by atoms with van der Waals surface area (Å²) in [5.74, 6) is 0.0513. The van der Waals surface area contributed by atoms with Crippen molar-refractivity contribution < 1.29 is 4.79 Å². The Balaban J connectivity index is 3.27. The molecule has 0 aliphatic rings. The average molecular weight is 157 g/mol. The van der Waals surface area contributed by atoms with Crippen LogP contribution in [0, 0.1) is 0 Å². The number of carbonyl (C=O) groups excluding carboxylic acids is 1. The van der Waals surface area contributed by atoms with E-state index in [0.717, 1.165) is 5.56 Å². The number of hydrogen-bond acceptors (Lipinski definition) is 1. The molecule has 0 atom stereocenters. The van der Waals surface area contributed by atoms with Crippen LogP contribution < -0.4 is 0 Å². The van der Waals surface area contributed by atoms with Gasteiger partial charge in [-0.25, -0.2) is 0 Å². The molecule has 1 rings (SSSR count). The van der Waals surface area contributed by atoms with Crippen LogP contribution in [0.3, 0.4) is 0 Å². The molecule has 0 N–H and O–H groups in total. The van der Waals surface area contributed by atoms with Gasteiger partial charge < -0.3 is 0 Å². The Kier molecular flexibility index (Phi) is 2.59. The third kappa shape index (κ3) is 1.70. The Morgan fingerprint density at radius 3 is 2.00 bits per heavy atom. The molecule has 0 spiro atoms. The van der Waals surface area contributed by atoms with E-state index in [1.54, 1.807) is 19.9 Å². The van der Waals surface area contributed by atoms with E-state index in [1.807, 2.05) is 18.2 Å². The van der Waals surface area contributed by atoms with Crippen molar-refractivity contribution in [3.63, 3.8) is 0 Å². The minimum atomic E-state index is 0.0513. The van der Waals surface area contributed by atoms with Crippen LogP contribution >= 0.6 is 0 Å². The molecule has 0 fully saturated rings. The van der Waals surface area contributed by atoms with Crippen LogP contribution in [-0.2, 0) is 0 Å². The standard InChI is InChI=1S/C10H10BO/c1-7(11)9-5-3-4-6-10(9)8(2)12/h3-6H,1-2H3. The molecule has 2 heteroatoms. The fourth-order valence-electron chi connectivity index (χ4n) is 1.13. The first kappa shape index (κ1) is 8.92. The second kappa shape index (κ2) is 3.48. The molecule has 1 radical (unpaired) electrons. The fourth-order valence-corrected chi connectivity index (χ4v) is 1.13. The first-order chi connectivity index (χ1) is 5.63. The van der Waals surface area contributed by atoms with E-state index in [4.69, 9.17) is 7.49 Å². The Bertz CT molecular complexity index is 295. The summed E-state index contributed by atoms with van der Waals surface area (Å²) in [7, 11) is 5.62. The number of Topliss-reactive ketones (excluding diaryl/α,β-unsaturated/α-hetero) is 1. The zero-order chi connectivity index (χ0) is 9.14. The van der Waals surface area contributed by atoms with E-state index in [9.17, 15) is 4.79 Å². The summed E-state index contributed by atoms with van der Waals surface area (Å²) in [6.07, 6.45) is 0. The minimum absolute atomic E-state index is 0.0513. The van der Waals surface area contributed by atoms with Crippen molar-refractivity contribution in [2.45, 2.75) is 13.8 Å². The summed E-state index contributed by atoms with van der Waals surface area (Å²) in [6, 6.07) is 7.35. The van der Waals surface area contributed by atoms with Crippen molar-refractivity contribution in [2.75, 3.05) is 0 Å². The van der Waals surface area contributed by atoms with Gasteiger partial charge in [0, 0.05) is 0 Å². The number of ketones is 1. The maximum atomic E-state index is 11.1. The molecule has 0 aliphatic heterocycles. The number of hydrogen-bond donors (Lipinski definition) is 0. The van der Waals surface area contributed by atoms with Crippen LogP contribution in [0.25, 0.3) is 0 Å². The Morgan fingerprint density at radius 1 is 1.17 bits per heavy atom. The zero-order valence-electron chi connectivity index (χ0n) is 7.29. The Hall–Kier alpha value is -1.18. The summed E-state index contributed by atoms with van der Waals surface area (Å²) in [5, 5.41) is 0. The number of carbonyl (C=O) groups is 1. The molecule has 0 aliphatic carbocycles. The normalized spacial score (nSPS) is 9.42. The van der Waals surface area contributed by atoms with Gasteiger partial charge in [-0.3, -0.25) is 0 Å².